The van der Waals surface area contributed by atoms with Crippen molar-refractivity contribution in [3.63, 3.8) is 0 Å². The van der Waals surface area contributed by atoms with Crippen molar-refractivity contribution in [1.29, 1.82) is 0 Å². The average molecular weight is 257 g/mol. The van der Waals surface area contributed by atoms with E-state index in [2.05, 4.69) is 49.6 Å². The molecule has 0 nitrogen and oxygen atoms in total. The summed E-state index contributed by atoms with van der Waals surface area (Å²) in [6.07, 6.45) is 4.46. The van der Waals surface area contributed by atoms with Gasteiger partial charge >= 0.3 is 91.0 Å². The van der Waals surface area contributed by atoms with E-state index in [9.17, 15) is 0 Å². The summed E-state index contributed by atoms with van der Waals surface area (Å²) in [7, 11) is 0. The van der Waals surface area contributed by atoms with Gasteiger partial charge in [0, 0.05) is 0 Å². The van der Waals surface area contributed by atoms with Crippen molar-refractivity contribution in [2.75, 3.05) is 6.26 Å². The van der Waals surface area contributed by atoms with Crippen molar-refractivity contribution in [2.45, 2.75) is 12.2 Å². The van der Waals surface area contributed by atoms with E-state index < -0.39 is 0 Å². The van der Waals surface area contributed by atoms with Crippen LogP contribution in [0.1, 0.15) is 12.5 Å². The van der Waals surface area contributed by atoms with Gasteiger partial charge in [-0.1, -0.05) is 0 Å². The van der Waals surface area contributed by atoms with E-state index in [0.717, 1.165) is 0 Å². The predicted octanol–water partition coefficient (Wildman–Crippen LogP) is 3.49. The van der Waals surface area contributed by atoms with E-state index in [1.54, 1.807) is 0 Å². The Morgan fingerprint density at radius 1 is 1.38 bits per heavy atom. The first-order valence-electron chi connectivity index (χ1n) is 4.30. The third kappa shape index (κ3) is 4.04. The quantitative estimate of drug-likeness (QED) is 0.744. The number of rotatable bonds is 4. The standard InChI is InChI=1S/C11H14SSe/c1-3-13-11(12-2)9-10-7-5-4-6-8-10/h4-9H,3H2,1-2H3/b11-9-. The van der Waals surface area contributed by atoms with Gasteiger partial charge in [0.1, 0.15) is 0 Å². The number of benzene rings is 1. The second-order valence-electron chi connectivity index (χ2n) is 2.51. The summed E-state index contributed by atoms with van der Waals surface area (Å²) in [5, 5.41) is 1.28. The Balaban J connectivity index is 2.73. The second-order valence-corrected chi connectivity index (χ2v) is 6.68. The first-order chi connectivity index (χ1) is 6.36. The van der Waals surface area contributed by atoms with E-state index in [4.69, 9.17) is 0 Å². The zero-order chi connectivity index (χ0) is 9.52. The molecule has 1 rings (SSSR count). The molecule has 0 bridgehead atoms. The molecule has 0 radical (unpaired) electrons. The van der Waals surface area contributed by atoms with E-state index in [0.29, 0.717) is 15.0 Å². The molecule has 0 heterocycles. The minimum absolute atomic E-state index is 0.662. The molecule has 0 aliphatic rings. The molecule has 0 fully saturated rings. The molecule has 0 amide bonds. The number of hydrogen-bond acceptors (Lipinski definition) is 1. The predicted molar refractivity (Wildman–Crippen MR) is 64.2 cm³/mol. The van der Waals surface area contributed by atoms with Crippen LogP contribution in [-0.2, 0) is 0 Å². The fourth-order valence-corrected chi connectivity index (χ4v) is 3.77. The molecule has 0 unspecified atom stereocenters. The molecule has 13 heavy (non-hydrogen) atoms. The van der Waals surface area contributed by atoms with Gasteiger partial charge in [0.15, 0.2) is 0 Å². The maximum atomic E-state index is 2.30. The Hall–Kier alpha value is -0.171. The summed E-state index contributed by atoms with van der Waals surface area (Å²) in [6, 6.07) is 10.5. The average Bonchev–Trinajstić information content (AvgIpc) is 2.19. The van der Waals surface area contributed by atoms with E-state index >= 15 is 0 Å². The van der Waals surface area contributed by atoms with Crippen LogP contribution < -0.4 is 0 Å². The van der Waals surface area contributed by atoms with Crippen molar-refractivity contribution < 1.29 is 0 Å². The zero-order valence-electron chi connectivity index (χ0n) is 7.99. The SMILES string of the molecule is CC[Se]/C(=C\c1ccccc1)SC. The Labute approximate surface area is 91.0 Å². The third-order valence-corrected chi connectivity index (χ3v) is 5.20. The first-order valence-corrected chi connectivity index (χ1v) is 7.59. The third-order valence-electron chi connectivity index (χ3n) is 1.57. The summed E-state index contributed by atoms with van der Waals surface area (Å²) in [4.78, 5) is 0. The normalized spacial score (nSPS) is 11.7. The Kier molecular flexibility index (Phi) is 5.29. The van der Waals surface area contributed by atoms with Crippen molar-refractivity contribution in [3.8, 4) is 0 Å². The van der Waals surface area contributed by atoms with Crippen LogP contribution in [0.2, 0.25) is 5.32 Å². The van der Waals surface area contributed by atoms with Crippen LogP contribution in [0, 0.1) is 0 Å². The van der Waals surface area contributed by atoms with Crippen molar-refractivity contribution in [3.05, 3.63) is 39.7 Å². The van der Waals surface area contributed by atoms with Gasteiger partial charge in [-0.25, -0.2) is 0 Å². The summed E-state index contributed by atoms with van der Waals surface area (Å²) in [5.74, 6) is 0. The van der Waals surface area contributed by atoms with Crippen LogP contribution in [-0.4, -0.2) is 21.2 Å². The van der Waals surface area contributed by atoms with Gasteiger partial charge in [-0.15, -0.1) is 0 Å². The van der Waals surface area contributed by atoms with E-state index in [1.807, 2.05) is 11.8 Å². The summed E-state index contributed by atoms with van der Waals surface area (Å²) >= 11 is 2.54. The van der Waals surface area contributed by atoms with Crippen LogP contribution in [0.15, 0.2) is 34.1 Å². The zero-order valence-corrected chi connectivity index (χ0v) is 10.5. The van der Waals surface area contributed by atoms with Gasteiger partial charge in [0.05, 0.1) is 0 Å². The van der Waals surface area contributed by atoms with Crippen molar-refractivity contribution in [2.24, 2.45) is 0 Å². The Morgan fingerprint density at radius 2 is 2.08 bits per heavy atom. The molecule has 0 saturated carbocycles. The number of thioether (sulfide) groups is 1. The monoisotopic (exact) mass is 258 g/mol. The Morgan fingerprint density at radius 3 is 2.62 bits per heavy atom. The van der Waals surface area contributed by atoms with Gasteiger partial charge < -0.3 is 0 Å². The minimum atomic E-state index is 0.662. The Bertz CT molecular complexity index is 267. The van der Waals surface area contributed by atoms with Crippen molar-refractivity contribution >= 4 is 32.8 Å². The molecular formula is C11H14SSe. The molecule has 2 heteroatoms. The van der Waals surface area contributed by atoms with E-state index in [-0.39, 0.29) is 0 Å². The second kappa shape index (κ2) is 6.31. The number of hydrogen-bond donors (Lipinski definition) is 0. The van der Waals surface area contributed by atoms with Gasteiger partial charge in [-0.05, 0) is 0 Å². The van der Waals surface area contributed by atoms with Crippen LogP contribution in [0.4, 0.5) is 0 Å². The van der Waals surface area contributed by atoms with Gasteiger partial charge in [-0.2, -0.15) is 0 Å². The molecule has 0 aromatic heterocycles. The summed E-state index contributed by atoms with van der Waals surface area (Å²) in [5.41, 5.74) is 1.32. The van der Waals surface area contributed by atoms with Gasteiger partial charge in [-0.3, -0.25) is 0 Å². The van der Waals surface area contributed by atoms with Gasteiger partial charge in [0.25, 0.3) is 0 Å². The molecule has 0 spiro atoms. The molecule has 0 saturated heterocycles. The van der Waals surface area contributed by atoms with E-state index in [1.165, 1.54) is 14.7 Å². The first kappa shape index (κ1) is 10.9. The molecule has 70 valence electrons. The van der Waals surface area contributed by atoms with Crippen LogP contribution in [0.5, 0.6) is 0 Å². The molecule has 0 aliphatic heterocycles. The van der Waals surface area contributed by atoms with Crippen LogP contribution >= 0.6 is 11.8 Å². The van der Waals surface area contributed by atoms with Crippen molar-refractivity contribution in [1.82, 2.24) is 0 Å². The fourth-order valence-electron chi connectivity index (χ4n) is 0.987. The maximum absolute atomic E-state index is 2.30. The molecule has 0 N–H and O–H groups in total. The molecule has 1 aromatic carbocycles. The van der Waals surface area contributed by atoms with Gasteiger partial charge in [0.2, 0.25) is 0 Å². The van der Waals surface area contributed by atoms with Crippen LogP contribution in [0.3, 0.4) is 0 Å². The molecule has 0 atom stereocenters. The molecule has 0 aliphatic carbocycles. The fraction of sp³-hybridized carbons (Fsp3) is 0.273. The molecular weight excluding hydrogens is 243 g/mol. The van der Waals surface area contributed by atoms with Crippen LogP contribution in [0.25, 0.3) is 6.08 Å². The molecule has 1 aromatic rings. The summed E-state index contributed by atoms with van der Waals surface area (Å²) in [6.45, 7) is 2.25. The summed E-state index contributed by atoms with van der Waals surface area (Å²) < 4.78 is 1.53. The topological polar surface area (TPSA) is 0 Å².